The lowest BCUT2D eigenvalue weighted by Crippen LogP contribution is -2.36. The minimum atomic E-state index is -1.01. The predicted molar refractivity (Wildman–Crippen MR) is 74.8 cm³/mol. The maximum atomic E-state index is 11.9. The number of hydrogen-bond donors (Lipinski definition) is 2. The SMILES string of the molecule is CC(C)(C)/C=C(\CC(=O)NC1CCCCC1)C(=O)O. The smallest absolute Gasteiger partial charge is 0.331 e. The molecule has 1 aliphatic carbocycles. The maximum absolute atomic E-state index is 11.9. The highest BCUT2D eigenvalue weighted by Gasteiger charge is 2.20. The molecule has 19 heavy (non-hydrogen) atoms. The van der Waals surface area contributed by atoms with E-state index in [-0.39, 0.29) is 29.4 Å². The molecular formula is C15H25NO3. The molecule has 0 saturated heterocycles. The van der Waals surface area contributed by atoms with Crippen LogP contribution in [0.2, 0.25) is 0 Å². The van der Waals surface area contributed by atoms with Crippen LogP contribution >= 0.6 is 0 Å². The van der Waals surface area contributed by atoms with E-state index >= 15 is 0 Å². The molecule has 2 N–H and O–H groups in total. The Morgan fingerprint density at radius 1 is 1.21 bits per heavy atom. The molecule has 0 radical (unpaired) electrons. The number of hydrogen-bond acceptors (Lipinski definition) is 2. The van der Waals surface area contributed by atoms with Crippen LogP contribution in [0, 0.1) is 5.41 Å². The van der Waals surface area contributed by atoms with Crippen molar-refractivity contribution >= 4 is 11.9 Å². The Bertz CT molecular complexity index is 360. The van der Waals surface area contributed by atoms with E-state index < -0.39 is 5.97 Å². The van der Waals surface area contributed by atoms with Gasteiger partial charge in [-0.25, -0.2) is 4.79 Å². The lowest BCUT2D eigenvalue weighted by Gasteiger charge is -2.23. The zero-order valence-corrected chi connectivity index (χ0v) is 12.2. The van der Waals surface area contributed by atoms with Crippen LogP contribution in [0.3, 0.4) is 0 Å². The summed E-state index contributed by atoms with van der Waals surface area (Å²) in [6.45, 7) is 5.78. The standard InChI is InChI=1S/C15H25NO3/c1-15(2,3)10-11(14(18)19)9-13(17)16-12-7-5-4-6-8-12/h10,12H,4-9H2,1-3H3,(H,16,17)(H,18,19)/b11-10+. The van der Waals surface area contributed by atoms with Gasteiger partial charge in [0.2, 0.25) is 5.91 Å². The highest BCUT2D eigenvalue weighted by Crippen LogP contribution is 2.20. The van der Waals surface area contributed by atoms with Crippen molar-refractivity contribution in [2.45, 2.75) is 65.3 Å². The fraction of sp³-hybridized carbons (Fsp3) is 0.733. The number of nitrogens with one attached hydrogen (secondary N) is 1. The van der Waals surface area contributed by atoms with Crippen molar-refractivity contribution < 1.29 is 14.7 Å². The predicted octanol–water partition coefficient (Wildman–Crippen LogP) is 2.88. The van der Waals surface area contributed by atoms with Crippen molar-refractivity contribution in [3.8, 4) is 0 Å². The number of aliphatic carboxylic acids is 1. The number of carboxylic acids is 1. The van der Waals surface area contributed by atoms with Crippen LogP contribution in [-0.4, -0.2) is 23.0 Å². The molecule has 1 amide bonds. The molecule has 0 heterocycles. The summed E-state index contributed by atoms with van der Waals surface area (Å²) in [5, 5.41) is 12.1. The summed E-state index contributed by atoms with van der Waals surface area (Å²) in [6.07, 6.45) is 7.17. The summed E-state index contributed by atoms with van der Waals surface area (Å²) in [7, 11) is 0. The molecule has 0 bridgehead atoms. The molecule has 4 nitrogen and oxygen atoms in total. The summed E-state index contributed by atoms with van der Waals surface area (Å²) in [6, 6.07) is 0.228. The molecule has 1 fully saturated rings. The van der Waals surface area contributed by atoms with Crippen molar-refractivity contribution in [2.24, 2.45) is 5.41 Å². The van der Waals surface area contributed by atoms with E-state index in [9.17, 15) is 9.59 Å². The van der Waals surface area contributed by atoms with Gasteiger partial charge in [0.15, 0.2) is 0 Å². The van der Waals surface area contributed by atoms with Gasteiger partial charge in [0.25, 0.3) is 0 Å². The molecule has 1 saturated carbocycles. The van der Waals surface area contributed by atoms with E-state index in [0.29, 0.717) is 0 Å². The summed E-state index contributed by atoms with van der Waals surface area (Å²) < 4.78 is 0. The van der Waals surface area contributed by atoms with Crippen molar-refractivity contribution in [2.75, 3.05) is 0 Å². The fourth-order valence-corrected chi connectivity index (χ4v) is 2.41. The van der Waals surface area contributed by atoms with Crippen LogP contribution in [0.1, 0.15) is 59.3 Å². The Morgan fingerprint density at radius 2 is 1.79 bits per heavy atom. The van der Waals surface area contributed by atoms with Gasteiger partial charge in [-0.1, -0.05) is 46.1 Å². The van der Waals surface area contributed by atoms with Gasteiger partial charge in [0, 0.05) is 11.6 Å². The Hall–Kier alpha value is -1.32. The second-order valence-corrected chi connectivity index (χ2v) is 6.42. The van der Waals surface area contributed by atoms with Crippen LogP contribution in [0.5, 0.6) is 0 Å². The minimum absolute atomic E-state index is 0.0386. The van der Waals surface area contributed by atoms with Gasteiger partial charge in [-0.15, -0.1) is 0 Å². The largest absolute Gasteiger partial charge is 0.478 e. The van der Waals surface area contributed by atoms with Crippen LogP contribution in [0.25, 0.3) is 0 Å². The lowest BCUT2D eigenvalue weighted by molar-refractivity contribution is -0.134. The van der Waals surface area contributed by atoms with Crippen LogP contribution in [0.15, 0.2) is 11.6 Å². The van der Waals surface area contributed by atoms with Crippen molar-refractivity contribution in [3.05, 3.63) is 11.6 Å². The molecule has 0 atom stereocenters. The Balaban J connectivity index is 2.56. The average Bonchev–Trinajstić information content (AvgIpc) is 2.27. The van der Waals surface area contributed by atoms with Gasteiger partial charge in [0.05, 0.1) is 6.42 Å². The third kappa shape index (κ3) is 6.41. The van der Waals surface area contributed by atoms with E-state index in [4.69, 9.17) is 5.11 Å². The number of allylic oxidation sites excluding steroid dienone is 1. The quantitative estimate of drug-likeness (QED) is 0.770. The normalized spacial score (nSPS) is 18.2. The summed E-state index contributed by atoms with van der Waals surface area (Å²) in [4.78, 5) is 23.1. The molecule has 0 unspecified atom stereocenters. The van der Waals surface area contributed by atoms with Crippen molar-refractivity contribution in [1.29, 1.82) is 0 Å². The number of carbonyl (C=O) groups excluding carboxylic acids is 1. The Kier molecular flexibility index (Phi) is 5.58. The Morgan fingerprint density at radius 3 is 2.26 bits per heavy atom. The molecule has 1 aliphatic rings. The summed E-state index contributed by atoms with van der Waals surface area (Å²) in [5.41, 5.74) is -0.0560. The van der Waals surface area contributed by atoms with Crippen LogP contribution in [-0.2, 0) is 9.59 Å². The zero-order valence-electron chi connectivity index (χ0n) is 12.2. The zero-order chi connectivity index (χ0) is 14.5. The van der Waals surface area contributed by atoms with E-state index in [0.717, 1.165) is 25.7 Å². The molecule has 4 heteroatoms. The number of carbonyl (C=O) groups is 2. The van der Waals surface area contributed by atoms with E-state index in [1.807, 2.05) is 20.8 Å². The van der Waals surface area contributed by atoms with E-state index in [1.165, 1.54) is 6.42 Å². The second-order valence-electron chi connectivity index (χ2n) is 6.42. The maximum Gasteiger partial charge on any atom is 0.331 e. The van der Waals surface area contributed by atoms with E-state index in [2.05, 4.69) is 5.32 Å². The molecular weight excluding hydrogens is 242 g/mol. The highest BCUT2D eigenvalue weighted by atomic mass is 16.4. The van der Waals surface area contributed by atoms with E-state index in [1.54, 1.807) is 6.08 Å². The number of amides is 1. The van der Waals surface area contributed by atoms with Crippen LogP contribution in [0.4, 0.5) is 0 Å². The highest BCUT2D eigenvalue weighted by molar-refractivity contribution is 5.94. The third-order valence-electron chi connectivity index (χ3n) is 3.20. The van der Waals surface area contributed by atoms with Gasteiger partial charge < -0.3 is 10.4 Å². The molecule has 1 rings (SSSR count). The molecule has 0 aliphatic heterocycles. The van der Waals surface area contributed by atoms with Crippen LogP contribution < -0.4 is 5.32 Å². The molecule has 0 aromatic heterocycles. The average molecular weight is 267 g/mol. The van der Waals surface area contributed by atoms with Crippen molar-refractivity contribution in [1.82, 2.24) is 5.32 Å². The fourth-order valence-electron chi connectivity index (χ4n) is 2.41. The minimum Gasteiger partial charge on any atom is -0.478 e. The monoisotopic (exact) mass is 267 g/mol. The topological polar surface area (TPSA) is 66.4 Å². The summed E-state index contributed by atoms with van der Waals surface area (Å²) >= 11 is 0. The van der Waals surface area contributed by atoms with Gasteiger partial charge in [-0.3, -0.25) is 4.79 Å². The lowest BCUT2D eigenvalue weighted by atomic mass is 9.92. The number of rotatable bonds is 4. The first-order valence-corrected chi connectivity index (χ1v) is 7.02. The molecule has 108 valence electrons. The first-order valence-electron chi connectivity index (χ1n) is 7.02. The van der Waals surface area contributed by atoms with Gasteiger partial charge in [-0.2, -0.15) is 0 Å². The molecule has 0 spiro atoms. The first kappa shape index (κ1) is 15.7. The first-order chi connectivity index (χ1) is 8.78. The Labute approximate surface area is 115 Å². The molecule has 0 aromatic rings. The molecule has 0 aromatic carbocycles. The summed E-state index contributed by atoms with van der Waals surface area (Å²) in [5.74, 6) is -1.18. The van der Waals surface area contributed by atoms with Gasteiger partial charge in [-0.05, 0) is 18.3 Å². The van der Waals surface area contributed by atoms with Crippen molar-refractivity contribution in [3.63, 3.8) is 0 Å². The van der Waals surface area contributed by atoms with Gasteiger partial charge in [0.1, 0.15) is 0 Å². The number of carboxylic acid groups (broad SMARTS) is 1. The van der Waals surface area contributed by atoms with Gasteiger partial charge >= 0.3 is 5.97 Å². The second kappa shape index (κ2) is 6.73. The third-order valence-corrected chi connectivity index (χ3v) is 3.20.